The Kier molecular flexibility index (Phi) is 2.72. The van der Waals surface area contributed by atoms with E-state index in [1.165, 1.54) is 25.7 Å². The van der Waals surface area contributed by atoms with Crippen molar-refractivity contribution in [2.45, 2.75) is 38.6 Å². The average molecular weight is 141 g/mol. The van der Waals surface area contributed by atoms with Crippen LogP contribution in [0.2, 0.25) is 0 Å². The van der Waals surface area contributed by atoms with Crippen molar-refractivity contribution in [3.8, 4) is 0 Å². The van der Waals surface area contributed by atoms with Crippen LogP contribution in [0.4, 0.5) is 0 Å². The number of rotatable bonds is 3. The van der Waals surface area contributed by atoms with Gasteiger partial charge >= 0.3 is 0 Å². The van der Waals surface area contributed by atoms with Crippen molar-refractivity contribution in [3.63, 3.8) is 0 Å². The molecule has 58 valence electrons. The van der Waals surface area contributed by atoms with Crippen molar-refractivity contribution in [2.24, 2.45) is 0 Å². The molecule has 1 saturated carbocycles. The highest BCUT2D eigenvalue weighted by Crippen LogP contribution is 2.21. The van der Waals surface area contributed by atoms with Gasteiger partial charge < -0.3 is 4.90 Å². The fraction of sp³-hybridized carbons (Fsp3) is 0.875. The second kappa shape index (κ2) is 3.59. The van der Waals surface area contributed by atoms with Crippen LogP contribution in [0, 0.1) is 0 Å². The van der Waals surface area contributed by atoms with Crippen molar-refractivity contribution in [3.05, 3.63) is 0 Å². The molecule has 1 aliphatic carbocycles. The zero-order valence-corrected chi connectivity index (χ0v) is 6.55. The highest BCUT2D eigenvalue weighted by molar-refractivity contribution is 5.47. The Labute approximate surface area is 62.2 Å². The Bertz CT molecular complexity index is 108. The second-order valence-electron chi connectivity index (χ2n) is 2.87. The lowest BCUT2D eigenvalue weighted by molar-refractivity contribution is -0.119. The van der Waals surface area contributed by atoms with Gasteiger partial charge in [-0.1, -0.05) is 12.8 Å². The third kappa shape index (κ3) is 1.49. The molecule has 0 aliphatic heterocycles. The Morgan fingerprint density at radius 1 is 1.50 bits per heavy atom. The average Bonchev–Trinajstić information content (AvgIpc) is 2.43. The Morgan fingerprint density at radius 2 is 2.10 bits per heavy atom. The largest absolute Gasteiger partial charge is 0.343 e. The molecule has 1 aliphatic rings. The lowest BCUT2D eigenvalue weighted by Gasteiger charge is -2.22. The summed E-state index contributed by atoms with van der Waals surface area (Å²) in [6, 6.07) is 0.558. The van der Waals surface area contributed by atoms with Crippen LogP contribution >= 0.6 is 0 Å². The van der Waals surface area contributed by atoms with E-state index in [2.05, 4.69) is 0 Å². The maximum atomic E-state index is 10.4. The van der Waals surface area contributed by atoms with Crippen LogP contribution in [0.5, 0.6) is 0 Å². The van der Waals surface area contributed by atoms with Crippen LogP contribution in [0.1, 0.15) is 32.6 Å². The molecule has 10 heavy (non-hydrogen) atoms. The summed E-state index contributed by atoms with van der Waals surface area (Å²) in [5, 5.41) is 0. The summed E-state index contributed by atoms with van der Waals surface area (Å²) in [5.41, 5.74) is 0. The van der Waals surface area contributed by atoms with E-state index >= 15 is 0 Å². The van der Waals surface area contributed by atoms with Gasteiger partial charge in [-0.2, -0.15) is 0 Å². The fourth-order valence-corrected chi connectivity index (χ4v) is 1.65. The van der Waals surface area contributed by atoms with Crippen LogP contribution in [0.25, 0.3) is 0 Å². The van der Waals surface area contributed by atoms with E-state index in [1.807, 2.05) is 11.8 Å². The van der Waals surface area contributed by atoms with Crippen molar-refractivity contribution < 1.29 is 4.79 Å². The van der Waals surface area contributed by atoms with Crippen LogP contribution in [-0.4, -0.2) is 23.9 Å². The predicted molar refractivity (Wildman–Crippen MR) is 40.7 cm³/mol. The van der Waals surface area contributed by atoms with Crippen molar-refractivity contribution in [2.75, 3.05) is 6.54 Å². The van der Waals surface area contributed by atoms with E-state index in [4.69, 9.17) is 0 Å². The number of amides is 1. The Balaban J connectivity index is 2.36. The molecule has 0 saturated heterocycles. The predicted octanol–water partition coefficient (Wildman–Crippen LogP) is 1.41. The minimum absolute atomic E-state index is 0.558. The summed E-state index contributed by atoms with van der Waals surface area (Å²) in [7, 11) is 0. The molecule has 2 heteroatoms. The van der Waals surface area contributed by atoms with Gasteiger partial charge in [0.05, 0.1) is 0 Å². The van der Waals surface area contributed by atoms with Gasteiger partial charge in [0.15, 0.2) is 0 Å². The molecule has 0 atom stereocenters. The smallest absolute Gasteiger partial charge is 0.209 e. The molecule has 0 spiro atoms. The first kappa shape index (κ1) is 7.58. The molecule has 1 fully saturated rings. The van der Waals surface area contributed by atoms with Gasteiger partial charge in [0, 0.05) is 12.6 Å². The molecule has 1 rings (SSSR count). The monoisotopic (exact) mass is 141 g/mol. The van der Waals surface area contributed by atoms with E-state index in [-0.39, 0.29) is 0 Å². The zero-order valence-electron chi connectivity index (χ0n) is 6.55. The fourth-order valence-electron chi connectivity index (χ4n) is 1.65. The lowest BCUT2D eigenvalue weighted by Crippen LogP contribution is -2.31. The van der Waals surface area contributed by atoms with Crippen molar-refractivity contribution in [1.82, 2.24) is 4.90 Å². The molecule has 0 aromatic carbocycles. The van der Waals surface area contributed by atoms with Gasteiger partial charge in [-0.3, -0.25) is 4.79 Å². The van der Waals surface area contributed by atoms with Gasteiger partial charge in [-0.15, -0.1) is 0 Å². The summed E-state index contributed by atoms with van der Waals surface area (Å²) < 4.78 is 0. The highest BCUT2D eigenvalue weighted by atomic mass is 16.1. The number of hydrogen-bond donors (Lipinski definition) is 0. The van der Waals surface area contributed by atoms with Crippen LogP contribution in [0.15, 0.2) is 0 Å². The maximum Gasteiger partial charge on any atom is 0.209 e. The first-order valence-corrected chi connectivity index (χ1v) is 4.09. The number of carbonyl (C=O) groups excluding carboxylic acids is 1. The van der Waals surface area contributed by atoms with E-state index < -0.39 is 0 Å². The molecular formula is C8H15NO. The van der Waals surface area contributed by atoms with Gasteiger partial charge in [0.25, 0.3) is 0 Å². The van der Waals surface area contributed by atoms with Gasteiger partial charge in [0.1, 0.15) is 0 Å². The molecular weight excluding hydrogens is 126 g/mol. The number of carbonyl (C=O) groups is 1. The third-order valence-electron chi connectivity index (χ3n) is 2.29. The van der Waals surface area contributed by atoms with E-state index in [9.17, 15) is 4.79 Å². The van der Waals surface area contributed by atoms with Crippen LogP contribution < -0.4 is 0 Å². The Morgan fingerprint density at radius 3 is 2.50 bits per heavy atom. The second-order valence-corrected chi connectivity index (χ2v) is 2.87. The summed E-state index contributed by atoms with van der Waals surface area (Å²) in [6.45, 7) is 2.90. The summed E-state index contributed by atoms with van der Waals surface area (Å²) in [4.78, 5) is 12.4. The van der Waals surface area contributed by atoms with Crippen molar-refractivity contribution >= 4 is 6.41 Å². The highest BCUT2D eigenvalue weighted by Gasteiger charge is 2.19. The minimum atomic E-state index is 0.558. The number of hydrogen-bond acceptors (Lipinski definition) is 1. The summed E-state index contributed by atoms with van der Waals surface area (Å²) >= 11 is 0. The first-order valence-electron chi connectivity index (χ1n) is 4.09. The van der Waals surface area contributed by atoms with Gasteiger partial charge in [-0.05, 0) is 19.8 Å². The van der Waals surface area contributed by atoms with Crippen molar-refractivity contribution in [1.29, 1.82) is 0 Å². The normalized spacial score (nSPS) is 19.3. The molecule has 0 heterocycles. The zero-order chi connectivity index (χ0) is 7.40. The van der Waals surface area contributed by atoms with Crippen LogP contribution in [-0.2, 0) is 4.79 Å². The van der Waals surface area contributed by atoms with Gasteiger partial charge in [0.2, 0.25) is 6.41 Å². The summed E-state index contributed by atoms with van der Waals surface area (Å²) in [5.74, 6) is 0. The van der Waals surface area contributed by atoms with Gasteiger partial charge in [-0.25, -0.2) is 0 Å². The molecule has 0 aromatic heterocycles. The van der Waals surface area contributed by atoms with E-state index in [0.29, 0.717) is 6.04 Å². The molecule has 0 unspecified atom stereocenters. The number of nitrogens with zero attached hydrogens (tertiary/aromatic N) is 1. The molecule has 0 aromatic rings. The SMILES string of the molecule is CCN(C=O)C1CCCC1. The molecule has 2 nitrogen and oxygen atoms in total. The quantitative estimate of drug-likeness (QED) is 0.544. The van der Waals surface area contributed by atoms with E-state index in [0.717, 1.165) is 13.0 Å². The van der Waals surface area contributed by atoms with E-state index in [1.54, 1.807) is 0 Å². The third-order valence-corrected chi connectivity index (χ3v) is 2.29. The molecule has 0 bridgehead atoms. The topological polar surface area (TPSA) is 20.3 Å². The lowest BCUT2D eigenvalue weighted by atomic mass is 10.2. The molecule has 0 radical (unpaired) electrons. The molecule has 1 amide bonds. The standard InChI is InChI=1S/C8H15NO/c1-2-9(7-10)8-5-3-4-6-8/h7-8H,2-6H2,1H3. The maximum absolute atomic E-state index is 10.4. The molecule has 0 N–H and O–H groups in total. The minimum Gasteiger partial charge on any atom is -0.343 e. The first-order chi connectivity index (χ1) is 4.88. The Hall–Kier alpha value is -0.530. The summed E-state index contributed by atoms with van der Waals surface area (Å²) in [6.07, 6.45) is 6.01. The van der Waals surface area contributed by atoms with Crippen LogP contribution in [0.3, 0.4) is 0 Å².